The van der Waals surface area contributed by atoms with Crippen LogP contribution >= 0.6 is 0 Å². The van der Waals surface area contributed by atoms with Crippen molar-refractivity contribution in [3.05, 3.63) is 41.2 Å². The van der Waals surface area contributed by atoms with Crippen molar-refractivity contribution in [2.45, 2.75) is 71.4 Å². The Morgan fingerprint density at radius 1 is 0.662 bits per heavy atom. The molecule has 0 aliphatic heterocycles. The van der Waals surface area contributed by atoms with Crippen LogP contribution < -0.4 is 33.3 Å². The summed E-state index contributed by atoms with van der Waals surface area (Å²) in [7, 11) is 5.54. The van der Waals surface area contributed by atoms with E-state index in [2.05, 4.69) is 16.0 Å². The van der Waals surface area contributed by atoms with Gasteiger partial charge in [-0.25, -0.2) is 15.4 Å². The first-order valence-electron chi connectivity index (χ1n) is 26.1. The highest BCUT2D eigenvalue weighted by Gasteiger charge is 2.50. The number of nitrogens with one attached hydrogen (secondary N) is 3. The highest BCUT2D eigenvalue weighted by Crippen LogP contribution is 2.53. The maximum atomic E-state index is 13.0. The predicted octanol–water partition coefficient (Wildman–Crippen LogP) is 2.22. The number of ether oxygens (including phenoxy) is 9. The second kappa shape index (κ2) is 37.9. The molecule has 23 heteroatoms. The van der Waals surface area contributed by atoms with E-state index in [1.807, 2.05) is 32.8 Å². The summed E-state index contributed by atoms with van der Waals surface area (Å²) in [6, 6.07) is 6.18. The Labute approximate surface area is 438 Å². The minimum absolute atomic E-state index is 0.0358. The second-order valence-corrected chi connectivity index (χ2v) is 18.9. The molecular weight excluding hydrogens is 963 g/mol. The average Bonchev–Trinajstić information content (AvgIpc) is 4.04. The van der Waals surface area contributed by atoms with Crippen LogP contribution in [0.2, 0.25) is 0 Å². The molecule has 4 amide bonds. The number of allylic oxidation sites excluding steroid dienone is 2. The second-order valence-electron chi connectivity index (χ2n) is 18.9. The fraction of sp³-hybridized carbons (Fsp3) is 0.745. The minimum Gasteiger partial charge on any atom is -0.449 e. The van der Waals surface area contributed by atoms with Crippen molar-refractivity contribution in [1.29, 1.82) is 0 Å². The molecule has 1 aromatic carbocycles. The summed E-state index contributed by atoms with van der Waals surface area (Å²) in [6.07, 6.45) is 2.49. The topological polar surface area (TPSA) is 292 Å². The molecule has 1 aromatic rings. The molecule has 0 saturated heterocycles. The van der Waals surface area contributed by atoms with E-state index in [0.717, 1.165) is 49.2 Å². The van der Waals surface area contributed by atoms with E-state index in [9.17, 15) is 24.0 Å². The number of alkyl carbamates (subject to hydrolysis) is 1. The fourth-order valence-corrected chi connectivity index (χ4v) is 8.05. The van der Waals surface area contributed by atoms with E-state index < -0.39 is 18.2 Å². The van der Waals surface area contributed by atoms with Crippen molar-refractivity contribution in [1.82, 2.24) is 25.4 Å². The predicted molar refractivity (Wildman–Crippen MR) is 277 cm³/mol. The lowest BCUT2D eigenvalue weighted by atomic mass is 9.96. The summed E-state index contributed by atoms with van der Waals surface area (Å²) in [5, 5.41) is 10.00. The molecule has 23 nitrogen and oxygen atoms in total. The van der Waals surface area contributed by atoms with Gasteiger partial charge in [-0.05, 0) is 81.1 Å². The van der Waals surface area contributed by atoms with Crippen LogP contribution in [0.1, 0.15) is 64.4 Å². The van der Waals surface area contributed by atoms with Gasteiger partial charge in [0.1, 0.15) is 6.61 Å². The van der Waals surface area contributed by atoms with Gasteiger partial charge < -0.3 is 84.9 Å². The third kappa shape index (κ3) is 27.7. The SMILES string of the molecule is CC(C)C(NC(=O)CCOCCOCCOCCOCCNC(=O)OCC1C2CC/C(N)=C(/N(N)CCOCCOCCOCCN)CCC21)C(=O)CCC(=O)Nc1ccc(COC(=O)N(C)CCN(C)C)cc1. The van der Waals surface area contributed by atoms with Gasteiger partial charge in [-0.15, -0.1) is 0 Å². The molecule has 9 N–H and O–H groups in total. The number of carbonyl (C=O) groups is 5. The van der Waals surface area contributed by atoms with Crippen molar-refractivity contribution in [3.8, 4) is 0 Å². The van der Waals surface area contributed by atoms with Crippen LogP contribution in [-0.4, -0.2) is 204 Å². The van der Waals surface area contributed by atoms with Crippen molar-refractivity contribution in [2.75, 3.05) is 158 Å². The van der Waals surface area contributed by atoms with Crippen LogP contribution in [0.25, 0.3) is 0 Å². The minimum atomic E-state index is -0.736. The molecule has 2 aliphatic rings. The molecule has 3 rings (SSSR count). The third-order valence-electron chi connectivity index (χ3n) is 12.4. The number of ketones is 1. The summed E-state index contributed by atoms with van der Waals surface area (Å²) >= 11 is 0. The quantitative estimate of drug-likeness (QED) is 0.0311. The summed E-state index contributed by atoms with van der Waals surface area (Å²) in [4.78, 5) is 66.3. The maximum absolute atomic E-state index is 13.0. The lowest BCUT2D eigenvalue weighted by Crippen LogP contribution is -2.44. The van der Waals surface area contributed by atoms with Crippen molar-refractivity contribution in [3.63, 3.8) is 0 Å². The maximum Gasteiger partial charge on any atom is 0.409 e. The summed E-state index contributed by atoms with van der Waals surface area (Å²) in [6.45, 7) is 12.2. The Morgan fingerprint density at radius 2 is 1.23 bits per heavy atom. The highest BCUT2D eigenvalue weighted by molar-refractivity contribution is 5.95. The number of carbonyl (C=O) groups excluding carboxylic acids is 5. The lowest BCUT2D eigenvalue weighted by molar-refractivity contribution is -0.130. The number of anilines is 1. The molecule has 74 heavy (non-hydrogen) atoms. The molecule has 0 radical (unpaired) electrons. The third-order valence-corrected chi connectivity index (χ3v) is 12.4. The Balaban J connectivity index is 1.11. The summed E-state index contributed by atoms with van der Waals surface area (Å²) in [5.41, 5.74) is 14.9. The summed E-state index contributed by atoms with van der Waals surface area (Å²) < 4.78 is 49.5. The van der Waals surface area contributed by atoms with Crippen LogP contribution in [0.4, 0.5) is 15.3 Å². The number of fused-ring (bicyclic) bond motifs is 1. The molecular formula is C51H89N9O14. The monoisotopic (exact) mass is 1050 g/mol. The number of hydrogen-bond donors (Lipinski definition) is 6. The molecule has 1 fully saturated rings. The summed E-state index contributed by atoms with van der Waals surface area (Å²) in [5.74, 6) is 6.58. The van der Waals surface area contributed by atoms with Crippen LogP contribution in [0.15, 0.2) is 35.7 Å². The molecule has 0 bridgehead atoms. The van der Waals surface area contributed by atoms with Gasteiger partial charge in [0, 0.05) is 69.6 Å². The zero-order chi connectivity index (χ0) is 53.9. The van der Waals surface area contributed by atoms with E-state index in [1.54, 1.807) is 36.3 Å². The van der Waals surface area contributed by atoms with E-state index in [1.165, 1.54) is 4.90 Å². The smallest absolute Gasteiger partial charge is 0.409 e. The van der Waals surface area contributed by atoms with Gasteiger partial charge in [0.25, 0.3) is 0 Å². The zero-order valence-corrected chi connectivity index (χ0v) is 44.8. The van der Waals surface area contributed by atoms with Gasteiger partial charge in [0.2, 0.25) is 11.8 Å². The molecule has 1 saturated carbocycles. The van der Waals surface area contributed by atoms with E-state index in [4.69, 9.17) is 59.9 Å². The van der Waals surface area contributed by atoms with Crippen molar-refractivity contribution >= 4 is 35.5 Å². The molecule has 0 aromatic heterocycles. The Bertz CT molecular complexity index is 1790. The Morgan fingerprint density at radius 3 is 1.82 bits per heavy atom. The van der Waals surface area contributed by atoms with Gasteiger partial charge in [-0.3, -0.25) is 14.4 Å². The van der Waals surface area contributed by atoms with Gasteiger partial charge in [0.05, 0.1) is 112 Å². The molecule has 4 unspecified atom stereocenters. The lowest BCUT2D eigenvalue weighted by Gasteiger charge is -2.25. The number of amides is 4. The number of nitrogens with two attached hydrogens (primary N) is 3. The van der Waals surface area contributed by atoms with Crippen molar-refractivity contribution < 1.29 is 66.6 Å². The van der Waals surface area contributed by atoms with Crippen LogP contribution in [-0.2, 0) is 63.6 Å². The van der Waals surface area contributed by atoms with E-state index in [0.29, 0.717) is 136 Å². The van der Waals surface area contributed by atoms with E-state index in [-0.39, 0.29) is 62.6 Å². The molecule has 422 valence electrons. The standard InChI is InChI=1S/C51H89N9O14/c1-38(2)49(46(61)14-15-47(62)56-40-8-6-39(7-9-40)36-74-51(65)59(5)20-19-58(3)4)57-48(63)16-22-66-26-30-70-34-35-72-32-28-68-24-18-55-50(64)73-37-43-41-10-12-44(53)45(13-11-42(41)43)60(54)21-25-69-29-33-71-31-27-67-23-17-52/h6-9,38,41-43,49H,10-37,52-54H2,1-5H3,(H,55,64)(H,56,62)(H,57,63)/b45-44-. The Kier molecular flexibility index (Phi) is 32.6. The van der Waals surface area contributed by atoms with Gasteiger partial charge in [-0.1, -0.05) is 26.0 Å². The van der Waals surface area contributed by atoms with E-state index >= 15 is 0 Å². The molecule has 2 aliphatic carbocycles. The molecule has 0 spiro atoms. The zero-order valence-electron chi connectivity index (χ0n) is 44.8. The number of rotatable bonds is 41. The number of hydrogen-bond acceptors (Lipinski definition) is 19. The van der Waals surface area contributed by atoms with Gasteiger partial charge >= 0.3 is 12.2 Å². The first-order valence-corrected chi connectivity index (χ1v) is 26.1. The van der Waals surface area contributed by atoms with Crippen LogP contribution in [0, 0.1) is 23.7 Å². The van der Waals surface area contributed by atoms with Gasteiger partial charge in [-0.2, -0.15) is 0 Å². The van der Waals surface area contributed by atoms with Gasteiger partial charge in [0.15, 0.2) is 5.78 Å². The highest BCUT2D eigenvalue weighted by atomic mass is 16.6. The Hall–Kier alpha value is -4.69. The first-order chi connectivity index (χ1) is 35.7. The number of benzene rings is 1. The number of nitrogens with zero attached hydrogens (tertiary/aromatic N) is 3. The van der Waals surface area contributed by atoms with Crippen molar-refractivity contribution in [2.24, 2.45) is 41.0 Å². The average molecular weight is 1050 g/mol. The number of likely N-dealkylation sites (N-methyl/N-ethyl adjacent to an activating group) is 2. The number of Topliss-reactive ketones (excluding diaryl/α,β-unsaturated/α-hetero) is 1. The first kappa shape index (κ1) is 63.6. The molecule has 0 heterocycles. The molecule has 4 atom stereocenters. The largest absolute Gasteiger partial charge is 0.449 e. The normalized spacial score (nSPS) is 17.7. The fourth-order valence-electron chi connectivity index (χ4n) is 8.05. The van der Waals surface area contributed by atoms with Crippen LogP contribution in [0.3, 0.4) is 0 Å². The van der Waals surface area contributed by atoms with Crippen LogP contribution in [0.5, 0.6) is 0 Å². The number of hydrazine groups is 1.